The van der Waals surface area contributed by atoms with Gasteiger partial charge in [0.1, 0.15) is 0 Å². The first kappa shape index (κ1) is 18.4. The normalized spacial score (nSPS) is 15.5. The van der Waals surface area contributed by atoms with Crippen LogP contribution >= 0.6 is 39.0 Å². The van der Waals surface area contributed by atoms with Crippen molar-refractivity contribution >= 4 is 50.6 Å². The fraction of sp³-hybridized carbons (Fsp3) is 0.222. The van der Waals surface area contributed by atoms with Gasteiger partial charge in [0.25, 0.3) is 0 Å². The van der Waals surface area contributed by atoms with Gasteiger partial charge in [-0.3, -0.25) is 9.69 Å². The average Bonchev–Trinajstić information content (AvgIpc) is 3.18. The summed E-state index contributed by atoms with van der Waals surface area (Å²) in [5, 5.41) is 13.0. The molecule has 0 bridgehead atoms. The number of hydrogen-bond donors (Lipinski definition) is 0. The number of aromatic nitrogens is 3. The van der Waals surface area contributed by atoms with Crippen LogP contribution in [0.1, 0.15) is 25.1 Å². The van der Waals surface area contributed by atoms with Crippen LogP contribution in [0.15, 0.2) is 44.7 Å². The summed E-state index contributed by atoms with van der Waals surface area (Å²) in [7, 11) is 0. The number of carbonyl (C=O) groups excluding carboxylic acids is 1. The van der Waals surface area contributed by atoms with E-state index in [2.05, 4.69) is 31.1 Å². The number of nitrogens with zero attached hydrogens (tertiary/aromatic N) is 4. The highest BCUT2D eigenvalue weighted by atomic mass is 79.9. The van der Waals surface area contributed by atoms with E-state index >= 15 is 0 Å². The Kier molecular flexibility index (Phi) is 5.16. The maximum Gasteiger partial charge on any atom is 0.247 e. The van der Waals surface area contributed by atoms with Gasteiger partial charge in [0.05, 0.1) is 5.69 Å². The molecule has 0 saturated heterocycles. The molecule has 0 spiro atoms. The highest BCUT2D eigenvalue weighted by Crippen LogP contribution is 2.44. The number of fused-ring (bicyclic) bond motifs is 3. The summed E-state index contributed by atoms with van der Waals surface area (Å²) in [5.74, 6) is 0.330. The molecule has 0 N–H and O–H groups in total. The van der Waals surface area contributed by atoms with Crippen molar-refractivity contribution in [3.63, 3.8) is 0 Å². The van der Waals surface area contributed by atoms with Crippen LogP contribution in [0, 0.1) is 0 Å². The number of amides is 1. The SMILES string of the molecule is CCC(=O)N1c2ccc(Br)cc2-c2nnc(SC)nc2O[C@H]1c1ccsc1. The molecule has 6 nitrogen and oxygen atoms in total. The zero-order valence-corrected chi connectivity index (χ0v) is 17.8. The number of benzene rings is 1. The first-order valence-corrected chi connectivity index (χ1v) is 11.2. The molecule has 138 valence electrons. The minimum Gasteiger partial charge on any atom is -0.447 e. The molecular weight excluding hydrogens is 448 g/mol. The molecule has 1 aliphatic rings. The Morgan fingerprint density at radius 2 is 2.22 bits per heavy atom. The lowest BCUT2D eigenvalue weighted by Gasteiger charge is -2.30. The third-order valence-electron chi connectivity index (χ3n) is 4.15. The zero-order chi connectivity index (χ0) is 19.0. The molecule has 1 atom stereocenters. The van der Waals surface area contributed by atoms with E-state index in [1.807, 2.05) is 48.2 Å². The molecule has 4 rings (SSSR count). The van der Waals surface area contributed by atoms with E-state index in [4.69, 9.17) is 4.74 Å². The van der Waals surface area contributed by atoms with Crippen LogP contribution in [-0.2, 0) is 4.79 Å². The van der Waals surface area contributed by atoms with Crippen LogP contribution < -0.4 is 9.64 Å². The van der Waals surface area contributed by atoms with Crippen molar-refractivity contribution in [3.8, 4) is 17.1 Å². The Morgan fingerprint density at radius 3 is 2.93 bits per heavy atom. The van der Waals surface area contributed by atoms with E-state index in [1.54, 1.807) is 16.2 Å². The Bertz CT molecular complexity index is 997. The van der Waals surface area contributed by atoms with Gasteiger partial charge >= 0.3 is 0 Å². The maximum atomic E-state index is 12.9. The maximum absolute atomic E-state index is 12.9. The number of anilines is 1. The topological polar surface area (TPSA) is 68.2 Å². The highest BCUT2D eigenvalue weighted by molar-refractivity contribution is 9.10. The second-order valence-corrected chi connectivity index (χ2v) is 8.23. The smallest absolute Gasteiger partial charge is 0.247 e. The molecule has 0 aliphatic carbocycles. The monoisotopic (exact) mass is 462 g/mol. The zero-order valence-electron chi connectivity index (χ0n) is 14.5. The number of thiophene rings is 1. The summed E-state index contributed by atoms with van der Waals surface area (Å²) in [6.45, 7) is 1.84. The fourth-order valence-corrected chi connectivity index (χ4v) is 4.22. The molecule has 9 heteroatoms. The molecular formula is C18H15BrN4O2S2. The molecule has 2 aromatic heterocycles. The van der Waals surface area contributed by atoms with Crippen molar-refractivity contribution in [3.05, 3.63) is 45.1 Å². The van der Waals surface area contributed by atoms with Crippen LogP contribution in [0.5, 0.6) is 5.88 Å². The van der Waals surface area contributed by atoms with E-state index in [9.17, 15) is 4.79 Å². The lowest BCUT2D eigenvalue weighted by Crippen LogP contribution is -2.37. The number of halogens is 1. The van der Waals surface area contributed by atoms with E-state index in [1.165, 1.54) is 11.8 Å². The fourth-order valence-electron chi connectivity index (χ4n) is 2.90. The lowest BCUT2D eigenvalue weighted by atomic mass is 10.1. The first-order chi connectivity index (χ1) is 13.1. The third-order valence-corrected chi connectivity index (χ3v) is 5.88. The van der Waals surface area contributed by atoms with Crippen LogP contribution in [0.4, 0.5) is 5.69 Å². The number of hydrogen-bond acceptors (Lipinski definition) is 7. The lowest BCUT2D eigenvalue weighted by molar-refractivity contribution is -0.120. The molecule has 27 heavy (non-hydrogen) atoms. The Hall–Kier alpha value is -1.97. The quantitative estimate of drug-likeness (QED) is 0.514. The average molecular weight is 463 g/mol. The molecule has 3 aromatic rings. The van der Waals surface area contributed by atoms with Gasteiger partial charge in [-0.1, -0.05) is 34.6 Å². The van der Waals surface area contributed by atoms with Crippen molar-refractivity contribution in [2.24, 2.45) is 0 Å². The molecule has 0 radical (unpaired) electrons. The van der Waals surface area contributed by atoms with Gasteiger partial charge in [-0.15, -0.1) is 10.2 Å². The number of carbonyl (C=O) groups is 1. The van der Waals surface area contributed by atoms with Gasteiger partial charge in [0.15, 0.2) is 5.69 Å². The highest BCUT2D eigenvalue weighted by Gasteiger charge is 2.35. The minimum atomic E-state index is -0.615. The summed E-state index contributed by atoms with van der Waals surface area (Å²) in [5.41, 5.74) is 2.91. The summed E-state index contributed by atoms with van der Waals surface area (Å²) < 4.78 is 7.15. The van der Waals surface area contributed by atoms with Crippen LogP contribution in [0.2, 0.25) is 0 Å². The molecule has 1 aromatic carbocycles. The first-order valence-electron chi connectivity index (χ1n) is 8.21. The van der Waals surface area contributed by atoms with Crippen LogP contribution in [0.3, 0.4) is 0 Å². The minimum absolute atomic E-state index is 0.0411. The second kappa shape index (κ2) is 7.57. The summed E-state index contributed by atoms with van der Waals surface area (Å²) in [4.78, 5) is 19.1. The van der Waals surface area contributed by atoms with E-state index in [0.29, 0.717) is 23.2 Å². The van der Waals surface area contributed by atoms with E-state index < -0.39 is 6.23 Å². The van der Waals surface area contributed by atoms with Crippen molar-refractivity contribution in [2.45, 2.75) is 24.7 Å². The molecule has 0 saturated carbocycles. The van der Waals surface area contributed by atoms with Crippen LogP contribution in [-0.4, -0.2) is 27.3 Å². The van der Waals surface area contributed by atoms with Gasteiger partial charge < -0.3 is 4.74 Å². The van der Waals surface area contributed by atoms with E-state index in [-0.39, 0.29) is 5.91 Å². The van der Waals surface area contributed by atoms with Crippen molar-refractivity contribution in [1.82, 2.24) is 15.2 Å². The summed E-state index contributed by atoms with van der Waals surface area (Å²) in [6, 6.07) is 7.67. The molecule has 0 fully saturated rings. The largest absolute Gasteiger partial charge is 0.447 e. The van der Waals surface area contributed by atoms with E-state index in [0.717, 1.165) is 21.3 Å². The predicted molar refractivity (Wildman–Crippen MR) is 110 cm³/mol. The Balaban J connectivity index is 2.00. The van der Waals surface area contributed by atoms with Crippen molar-refractivity contribution in [2.75, 3.05) is 11.2 Å². The molecule has 3 heterocycles. The van der Waals surface area contributed by atoms with Gasteiger partial charge in [0, 0.05) is 22.0 Å². The van der Waals surface area contributed by atoms with Crippen molar-refractivity contribution in [1.29, 1.82) is 0 Å². The van der Waals surface area contributed by atoms with Gasteiger partial charge in [-0.2, -0.15) is 16.3 Å². The van der Waals surface area contributed by atoms with Gasteiger partial charge in [-0.25, -0.2) is 0 Å². The van der Waals surface area contributed by atoms with Gasteiger partial charge in [0.2, 0.25) is 23.2 Å². The molecule has 1 aliphatic heterocycles. The van der Waals surface area contributed by atoms with Crippen molar-refractivity contribution < 1.29 is 9.53 Å². The Morgan fingerprint density at radius 1 is 1.37 bits per heavy atom. The second-order valence-electron chi connectivity index (χ2n) is 5.76. The number of ether oxygens (including phenoxy) is 1. The number of rotatable bonds is 3. The van der Waals surface area contributed by atoms with Crippen LogP contribution in [0.25, 0.3) is 11.3 Å². The standard InChI is InChI=1S/C18H15BrN4O2S2/c1-3-14(24)23-13-5-4-11(19)8-12(13)15-16(20-18(26-2)22-21-15)25-17(23)10-6-7-27-9-10/h4-9,17H,3H2,1-2H3/t17-/m0/s1. The molecule has 0 unspecified atom stereocenters. The predicted octanol–water partition coefficient (Wildman–Crippen LogP) is 4.92. The summed E-state index contributed by atoms with van der Waals surface area (Å²) >= 11 is 6.46. The Labute approximate surface area is 173 Å². The molecule has 1 amide bonds. The van der Waals surface area contributed by atoms with Gasteiger partial charge in [-0.05, 0) is 41.3 Å². The number of thioether (sulfide) groups is 1. The third kappa shape index (κ3) is 3.35. The summed E-state index contributed by atoms with van der Waals surface area (Å²) in [6.07, 6.45) is 1.62.